The van der Waals surface area contributed by atoms with Crippen molar-refractivity contribution in [2.24, 2.45) is 0 Å². The van der Waals surface area contributed by atoms with Gasteiger partial charge in [-0.3, -0.25) is 0 Å². The van der Waals surface area contributed by atoms with E-state index in [0.29, 0.717) is 5.75 Å². The molecule has 5 heteroatoms. The highest BCUT2D eigenvalue weighted by atomic mass is 32.1. The second kappa shape index (κ2) is 6.40. The molecule has 1 aromatic rings. The van der Waals surface area contributed by atoms with Crippen LogP contribution in [0.1, 0.15) is 44.4 Å². The minimum atomic E-state index is -0.376. The van der Waals surface area contributed by atoms with Crippen LogP contribution in [0.15, 0.2) is 23.7 Å². The van der Waals surface area contributed by atoms with Gasteiger partial charge in [-0.25, -0.2) is 0 Å². The van der Waals surface area contributed by atoms with Gasteiger partial charge in [0.1, 0.15) is 0 Å². The topological polar surface area (TPSA) is 38.7 Å². The SMILES string of the molecule is Cc1cc(CO)ccc1C=C(CS)B1OC(C)(C)C(C)(C)O1. The Bertz CT molecular complexity index is 565. The molecule has 1 aliphatic rings. The normalized spacial score (nSPS) is 20.5. The van der Waals surface area contributed by atoms with E-state index >= 15 is 0 Å². The molecule has 0 unspecified atom stereocenters. The average Bonchev–Trinajstić information content (AvgIpc) is 2.65. The molecule has 0 radical (unpaired) electrons. The molecule has 0 aliphatic carbocycles. The number of benzene rings is 1. The van der Waals surface area contributed by atoms with E-state index in [1.165, 1.54) is 0 Å². The molecule has 0 amide bonds. The first-order valence-electron chi connectivity index (χ1n) is 7.57. The van der Waals surface area contributed by atoms with Crippen LogP contribution in [0.4, 0.5) is 0 Å². The van der Waals surface area contributed by atoms with Gasteiger partial charge in [-0.2, -0.15) is 12.6 Å². The molecule has 1 aliphatic heterocycles. The minimum absolute atomic E-state index is 0.0570. The molecule has 120 valence electrons. The summed E-state index contributed by atoms with van der Waals surface area (Å²) in [4.78, 5) is 0. The fourth-order valence-electron chi connectivity index (χ4n) is 2.38. The van der Waals surface area contributed by atoms with E-state index in [-0.39, 0.29) is 24.9 Å². The van der Waals surface area contributed by atoms with Gasteiger partial charge in [0.15, 0.2) is 0 Å². The smallest absolute Gasteiger partial charge is 0.400 e. The maximum Gasteiger partial charge on any atom is 0.491 e. The van der Waals surface area contributed by atoms with E-state index < -0.39 is 0 Å². The van der Waals surface area contributed by atoms with Crippen LogP contribution in [0.3, 0.4) is 0 Å². The molecular weight excluding hydrogens is 295 g/mol. The number of thiol groups is 1. The molecule has 2 rings (SSSR count). The van der Waals surface area contributed by atoms with Crippen LogP contribution in [-0.2, 0) is 15.9 Å². The summed E-state index contributed by atoms with van der Waals surface area (Å²) >= 11 is 4.44. The zero-order chi connectivity index (χ0) is 16.5. The Balaban J connectivity index is 2.29. The summed E-state index contributed by atoms with van der Waals surface area (Å²) in [5.41, 5.74) is 3.42. The third-order valence-corrected chi connectivity index (χ3v) is 4.96. The van der Waals surface area contributed by atoms with Gasteiger partial charge < -0.3 is 14.4 Å². The summed E-state index contributed by atoms with van der Waals surface area (Å²) in [7, 11) is -0.376. The van der Waals surface area contributed by atoms with Crippen molar-refractivity contribution in [3.05, 3.63) is 40.4 Å². The Kier molecular flexibility index (Phi) is 5.12. The molecule has 0 saturated carbocycles. The maximum absolute atomic E-state index is 9.20. The lowest BCUT2D eigenvalue weighted by Gasteiger charge is -2.32. The first kappa shape index (κ1) is 17.6. The van der Waals surface area contributed by atoms with Crippen LogP contribution in [0, 0.1) is 6.92 Å². The monoisotopic (exact) mass is 320 g/mol. The number of aliphatic hydroxyl groups excluding tert-OH is 1. The van der Waals surface area contributed by atoms with Crippen molar-refractivity contribution >= 4 is 25.8 Å². The van der Waals surface area contributed by atoms with Crippen LogP contribution >= 0.6 is 12.6 Å². The molecule has 0 bridgehead atoms. The fourth-order valence-corrected chi connectivity index (χ4v) is 2.62. The van der Waals surface area contributed by atoms with E-state index in [1.807, 2.05) is 52.8 Å². The van der Waals surface area contributed by atoms with E-state index in [1.54, 1.807) is 0 Å². The molecular formula is C17H25BO3S. The Morgan fingerprint density at radius 1 is 1.23 bits per heavy atom. The van der Waals surface area contributed by atoms with Crippen LogP contribution in [0.5, 0.6) is 0 Å². The summed E-state index contributed by atoms with van der Waals surface area (Å²) in [5.74, 6) is 0.567. The molecule has 1 saturated heterocycles. The molecule has 1 aromatic carbocycles. The van der Waals surface area contributed by atoms with Gasteiger partial charge in [0, 0.05) is 5.75 Å². The quantitative estimate of drug-likeness (QED) is 0.659. The van der Waals surface area contributed by atoms with Crippen LogP contribution in [-0.4, -0.2) is 29.2 Å². The predicted octanol–water partition coefficient (Wildman–Crippen LogP) is 3.43. The molecule has 0 atom stereocenters. The first-order chi connectivity index (χ1) is 10.2. The lowest BCUT2D eigenvalue weighted by molar-refractivity contribution is 0.00578. The summed E-state index contributed by atoms with van der Waals surface area (Å²) in [6, 6.07) is 5.93. The van der Waals surface area contributed by atoms with Crippen molar-refractivity contribution in [2.45, 2.75) is 52.4 Å². The standard InChI is InChI=1S/C17H25BO3S/c1-12-8-13(10-19)6-7-14(12)9-15(11-22)18-20-16(2,3)17(4,5)21-18/h6-9,19,22H,10-11H2,1-5H3. The van der Waals surface area contributed by atoms with Crippen molar-refractivity contribution in [2.75, 3.05) is 5.75 Å². The highest BCUT2D eigenvalue weighted by molar-refractivity contribution is 7.80. The molecule has 22 heavy (non-hydrogen) atoms. The lowest BCUT2D eigenvalue weighted by atomic mass is 9.78. The summed E-state index contributed by atoms with van der Waals surface area (Å²) < 4.78 is 12.2. The third-order valence-electron chi connectivity index (χ3n) is 4.60. The van der Waals surface area contributed by atoms with Crippen molar-refractivity contribution in [3.63, 3.8) is 0 Å². The number of hydrogen-bond donors (Lipinski definition) is 2. The lowest BCUT2D eigenvalue weighted by Crippen LogP contribution is -2.41. The largest absolute Gasteiger partial charge is 0.491 e. The maximum atomic E-state index is 9.20. The second-order valence-electron chi connectivity index (χ2n) is 6.81. The van der Waals surface area contributed by atoms with Crippen molar-refractivity contribution < 1.29 is 14.4 Å². The van der Waals surface area contributed by atoms with Gasteiger partial charge in [-0.1, -0.05) is 24.3 Å². The van der Waals surface area contributed by atoms with Gasteiger partial charge in [-0.15, -0.1) is 0 Å². The van der Waals surface area contributed by atoms with Crippen molar-refractivity contribution in [3.8, 4) is 0 Å². The Morgan fingerprint density at radius 3 is 2.27 bits per heavy atom. The first-order valence-corrected chi connectivity index (χ1v) is 8.21. The molecule has 1 heterocycles. The highest BCUT2D eigenvalue weighted by Crippen LogP contribution is 2.39. The number of rotatable bonds is 4. The summed E-state index contributed by atoms with van der Waals surface area (Å²) in [6.45, 7) is 10.3. The van der Waals surface area contributed by atoms with E-state index in [4.69, 9.17) is 9.31 Å². The summed E-state index contributed by atoms with van der Waals surface area (Å²) in [6.07, 6.45) is 2.08. The Labute approximate surface area is 139 Å². The zero-order valence-corrected chi connectivity index (χ0v) is 14.9. The second-order valence-corrected chi connectivity index (χ2v) is 7.13. The van der Waals surface area contributed by atoms with Crippen molar-refractivity contribution in [1.29, 1.82) is 0 Å². The third kappa shape index (κ3) is 3.43. The summed E-state index contributed by atoms with van der Waals surface area (Å²) in [5, 5.41) is 9.20. The molecule has 1 N–H and O–H groups in total. The van der Waals surface area contributed by atoms with Crippen LogP contribution in [0.25, 0.3) is 6.08 Å². The zero-order valence-electron chi connectivity index (χ0n) is 14.0. The fraction of sp³-hybridized carbons (Fsp3) is 0.529. The van der Waals surface area contributed by atoms with Crippen LogP contribution < -0.4 is 0 Å². The van der Waals surface area contributed by atoms with Gasteiger partial charge in [-0.05, 0) is 56.8 Å². The van der Waals surface area contributed by atoms with Crippen LogP contribution in [0.2, 0.25) is 0 Å². The minimum Gasteiger partial charge on any atom is -0.400 e. The van der Waals surface area contributed by atoms with Gasteiger partial charge in [0.25, 0.3) is 0 Å². The number of aliphatic hydroxyl groups is 1. The molecule has 0 aromatic heterocycles. The van der Waals surface area contributed by atoms with E-state index in [2.05, 4.69) is 18.7 Å². The number of hydrogen-bond acceptors (Lipinski definition) is 4. The molecule has 1 fully saturated rings. The number of aryl methyl sites for hydroxylation is 1. The molecule has 0 spiro atoms. The Morgan fingerprint density at radius 2 is 1.82 bits per heavy atom. The van der Waals surface area contributed by atoms with Crippen molar-refractivity contribution in [1.82, 2.24) is 0 Å². The molecule has 3 nitrogen and oxygen atoms in total. The van der Waals surface area contributed by atoms with Gasteiger partial charge in [0.2, 0.25) is 0 Å². The van der Waals surface area contributed by atoms with Gasteiger partial charge >= 0.3 is 7.12 Å². The highest BCUT2D eigenvalue weighted by Gasteiger charge is 2.52. The van der Waals surface area contributed by atoms with Gasteiger partial charge in [0.05, 0.1) is 17.8 Å². The van der Waals surface area contributed by atoms with E-state index in [0.717, 1.165) is 22.2 Å². The predicted molar refractivity (Wildman–Crippen MR) is 95.0 cm³/mol. The van der Waals surface area contributed by atoms with E-state index in [9.17, 15) is 5.11 Å². The average molecular weight is 320 g/mol. The Hall–Kier alpha value is -0.745.